The average molecular weight is 450 g/mol. The summed E-state index contributed by atoms with van der Waals surface area (Å²) in [6, 6.07) is 36.2. The van der Waals surface area contributed by atoms with E-state index in [1.165, 1.54) is 55.1 Å². The fourth-order valence-corrected chi connectivity index (χ4v) is 7.11. The van der Waals surface area contributed by atoms with Crippen LogP contribution in [0.15, 0.2) is 91.0 Å². The molecule has 2 unspecified atom stereocenters. The van der Waals surface area contributed by atoms with Gasteiger partial charge in [0.15, 0.2) is 0 Å². The summed E-state index contributed by atoms with van der Waals surface area (Å²) >= 11 is 0. The van der Waals surface area contributed by atoms with E-state index in [1.54, 1.807) is 0 Å². The Morgan fingerprint density at radius 3 is 1.79 bits per heavy atom. The molecule has 0 N–H and O–H groups in total. The smallest absolute Gasteiger partial charge is 0.107 e. The highest BCUT2D eigenvalue weighted by atomic mass is 15.4. The fourth-order valence-electron chi connectivity index (χ4n) is 7.11. The largest absolute Gasteiger partial charge is 0.321 e. The van der Waals surface area contributed by atoms with Crippen LogP contribution in [0.2, 0.25) is 0 Å². The van der Waals surface area contributed by atoms with Gasteiger partial charge in [0.2, 0.25) is 0 Å². The fraction of sp³-hybridized carbons (Fsp3) is 0.406. The van der Waals surface area contributed by atoms with Gasteiger partial charge in [0.25, 0.3) is 0 Å². The van der Waals surface area contributed by atoms with Gasteiger partial charge in [-0.25, -0.2) is 0 Å². The number of nitrogens with zero attached hydrogens (tertiary/aromatic N) is 2. The second-order valence-corrected chi connectivity index (χ2v) is 10.8. The highest BCUT2D eigenvalue weighted by Gasteiger charge is 2.52. The maximum atomic E-state index is 10.6. The maximum Gasteiger partial charge on any atom is 0.107 e. The van der Waals surface area contributed by atoms with Gasteiger partial charge >= 0.3 is 0 Å². The number of aryl methyl sites for hydroxylation is 1. The Bertz CT molecular complexity index is 1050. The summed E-state index contributed by atoms with van der Waals surface area (Å²) < 4.78 is 1.25. The van der Waals surface area contributed by atoms with Gasteiger partial charge in [-0.2, -0.15) is 5.26 Å². The number of nitriles is 1. The third kappa shape index (κ3) is 4.30. The van der Waals surface area contributed by atoms with Gasteiger partial charge in [-0.1, -0.05) is 91.0 Å². The van der Waals surface area contributed by atoms with Gasteiger partial charge in [0.1, 0.15) is 5.41 Å². The molecule has 0 spiro atoms. The molecule has 2 aliphatic rings. The molecule has 2 saturated heterocycles. The molecule has 2 heterocycles. The summed E-state index contributed by atoms with van der Waals surface area (Å²) in [6.45, 7) is 1.28. The van der Waals surface area contributed by atoms with Crippen molar-refractivity contribution in [1.82, 2.24) is 0 Å². The molecule has 0 saturated carbocycles. The van der Waals surface area contributed by atoms with Gasteiger partial charge in [-0.15, -0.1) is 0 Å². The van der Waals surface area contributed by atoms with Crippen molar-refractivity contribution in [3.63, 3.8) is 0 Å². The monoisotopic (exact) mass is 449 g/mol. The van der Waals surface area contributed by atoms with E-state index in [0.717, 1.165) is 29.6 Å². The van der Waals surface area contributed by atoms with Crippen LogP contribution in [-0.2, 0) is 11.8 Å². The average Bonchev–Trinajstić information content (AvgIpc) is 3.05. The van der Waals surface area contributed by atoms with Crippen molar-refractivity contribution in [3.8, 4) is 6.07 Å². The van der Waals surface area contributed by atoms with Crippen molar-refractivity contribution < 1.29 is 4.48 Å². The lowest BCUT2D eigenvalue weighted by Gasteiger charge is -2.48. The zero-order valence-electron chi connectivity index (χ0n) is 20.4. The number of hydrogen-bond acceptors (Lipinski definition) is 1. The molecule has 2 bridgehead atoms. The Kier molecular flexibility index (Phi) is 6.57. The molecule has 3 aromatic rings. The number of fused-ring (bicyclic) bond motifs is 2. The lowest BCUT2D eigenvalue weighted by Crippen LogP contribution is -2.58. The lowest BCUT2D eigenvalue weighted by molar-refractivity contribution is -0.949. The topological polar surface area (TPSA) is 23.8 Å². The zero-order valence-corrected chi connectivity index (χ0v) is 20.4. The SMILES string of the molecule is C[N+]1(CCCc2ccccc2)[C@@H]2CC[C@H]1CC(CC(C#N)(c1ccccc1)c1ccccc1)C2. The Hall–Kier alpha value is -2.89. The molecular formula is C32H37N2+. The second kappa shape index (κ2) is 9.77. The van der Waals surface area contributed by atoms with Crippen molar-refractivity contribution >= 4 is 0 Å². The highest BCUT2D eigenvalue weighted by molar-refractivity contribution is 5.46. The summed E-state index contributed by atoms with van der Waals surface area (Å²) in [7, 11) is 2.52. The predicted molar refractivity (Wildman–Crippen MR) is 139 cm³/mol. The number of piperidine rings is 1. The summed E-state index contributed by atoms with van der Waals surface area (Å²) in [4.78, 5) is 0. The maximum absolute atomic E-state index is 10.6. The van der Waals surface area contributed by atoms with Crippen LogP contribution in [0.25, 0.3) is 0 Å². The third-order valence-corrected chi connectivity index (χ3v) is 8.98. The van der Waals surface area contributed by atoms with Crippen molar-refractivity contribution in [2.75, 3.05) is 13.6 Å². The Morgan fingerprint density at radius 1 is 0.794 bits per heavy atom. The van der Waals surface area contributed by atoms with Crippen LogP contribution in [0.3, 0.4) is 0 Å². The van der Waals surface area contributed by atoms with E-state index in [1.807, 2.05) is 0 Å². The second-order valence-electron chi connectivity index (χ2n) is 10.8. The molecule has 2 aliphatic heterocycles. The number of hydrogen-bond donors (Lipinski definition) is 0. The van der Waals surface area contributed by atoms with Crippen LogP contribution < -0.4 is 0 Å². The van der Waals surface area contributed by atoms with E-state index in [-0.39, 0.29) is 0 Å². The quantitative estimate of drug-likeness (QED) is 0.343. The van der Waals surface area contributed by atoms with Crippen LogP contribution in [0, 0.1) is 17.2 Å². The molecule has 3 aromatic carbocycles. The van der Waals surface area contributed by atoms with E-state index in [9.17, 15) is 5.26 Å². The first-order valence-corrected chi connectivity index (χ1v) is 13.1. The number of rotatable bonds is 8. The van der Waals surface area contributed by atoms with Crippen LogP contribution in [-0.4, -0.2) is 30.2 Å². The number of quaternary nitrogens is 1. The molecule has 0 radical (unpaired) electrons. The van der Waals surface area contributed by atoms with Gasteiger partial charge in [0, 0.05) is 32.1 Å². The van der Waals surface area contributed by atoms with Crippen LogP contribution >= 0.6 is 0 Å². The molecule has 2 nitrogen and oxygen atoms in total. The molecule has 174 valence electrons. The number of benzene rings is 3. The van der Waals surface area contributed by atoms with Crippen LogP contribution in [0.4, 0.5) is 0 Å². The van der Waals surface area contributed by atoms with E-state index >= 15 is 0 Å². The third-order valence-electron chi connectivity index (χ3n) is 8.98. The molecular weight excluding hydrogens is 412 g/mol. The van der Waals surface area contributed by atoms with Gasteiger partial charge in [-0.3, -0.25) is 0 Å². The predicted octanol–water partition coefficient (Wildman–Crippen LogP) is 6.91. The van der Waals surface area contributed by atoms with Crippen molar-refractivity contribution in [1.29, 1.82) is 5.26 Å². The molecule has 4 atom stereocenters. The zero-order chi connectivity index (χ0) is 23.4. The highest BCUT2D eigenvalue weighted by Crippen LogP contribution is 2.48. The van der Waals surface area contributed by atoms with E-state index < -0.39 is 5.41 Å². The first kappa shape index (κ1) is 22.9. The Balaban J connectivity index is 1.33. The van der Waals surface area contributed by atoms with Gasteiger partial charge < -0.3 is 4.48 Å². The molecule has 5 rings (SSSR count). The Labute approximate surface area is 205 Å². The molecule has 2 fully saturated rings. The van der Waals surface area contributed by atoms with Gasteiger partial charge in [-0.05, 0) is 35.4 Å². The molecule has 34 heavy (non-hydrogen) atoms. The summed E-state index contributed by atoms with van der Waals surface area (Å²) in [6.07, 6.45) is 8.56. The summed E-state index contributed by atoms with van der Waals surface area (Å²) in [5.41, 5.74) is 3.17. The van der Waals surface area contributed by atoms with Crippen molar-refractivity contribution in [3.05, 3.63) is 108 Å². The van der Waals surface area contributed by atoms with E-state index in [4.69, 9.17) is 0 Å². The van der Waals surface area contributed by atoms with Crippen LogP contribution in [0.1, 0.15) is 55.2 Å². The minimum atomic E-state index is -0.569. The molecule has 0 aromatic heterocycles. The van der Waals surface area contributed by atoms with Crippen molar-refractivity contribution in [2.24, 2.45) is 5.92 Å². The standard InChI is InChI=1S/C32H37N2/c1-34(21-11-14-26-12-5-2-6-13-26)30-19-20-31(34)23-27(22-30)24-32(25-33,28-15-7-3-8-16-28)29-17-9-4-10-18-29/h2-10,12-13,15-18,27,30-31H,11,14,19-24H2,1H3/q+1/t27?,30-,31+,34?. The van der Waals surface area contributed by atoms with E-state index in [2.05, 4.69) is 104 Å². The lowest BCUT2D eigenvalue weighted by atomic mass is 9.67. The summed E-state index contributed by atoms with van der Waals surface area (Å²) in [5.74, 6) is 0.595. The first-order valence-electron chi connectivity index (χ1n) is 13.1. The molecule has 2 heteroatoms. The minimum absolute atomic E-state index is 0.569. The normalized spacial score (nSPS) is 26.2. The molecule has 0 amide bonds. The van der Waals surface area contributed by atoms with Crippen LogP contribution in [0.5, 0.6) is 0 Å². The minimum Gasteiger partial charge on any atom is -0.321 e. The Morgan fingerprint density at radius 2 is 1.29 bits per heavy atom. The van der Waals surface area contributed by atoms with Crippen molar-refractivity contribution in [2.45, 2.75) is 62.4 Å². The van der Waals surface area contributed by atoms with Gasteiger partial charge in [0.05, 0.1) is 31.7 Å². The summed E-state index contributed by atoms with van der Waals surface area (Å²) in [5, 5.41) is 10.6. The molecule has 0 aliphatic carbocycles. The first-order chi connectivity index (χ1) is 16.6. The van der Waals surface area contributed by atoms with E-state index in [0.29, 0.717) is 5.92 Å².